The predicted molar refractivity (Wildman–Crippen MR) is 100 cm³/mol. The Labute approximate surface area is 149 Å². The summed E-state index contributed by atoms with van der Waals surface area (Å²) in [7, 11) is 0. The SMILES string of the molecule is CCc1cc(C)c2c(c1)[C@H]1CNC[C@@H]1N(c1ccccc1)C2=O.Cl. The zero-order valence-electron chi connectivity index (χ0n) is 14.1. The molecule has 126 valence electrons. The van der Waals surface area contributed by atoms with E-state index in [2.05, 4.69) is 31.3 Å². The second-order valence-electron chi connectivity index (χ2n) is 6.57. The molecule has 0 spiro atoms. The minimum Gasteiger partial charge on any atom is -0.314 e. The Balaban J connectivity index is 0.00000169. The van der Waals surface area contributed by atoms with Crippen LogP contribution in [0.3, 0.4) is 0 Å². The molecule has 2 aliphatic heterocycles. The number of carbonyl (C=O) groups excluding carboxylic acids is 1. The fourth-order valence-corrected chi connectivity index (χ4v) is 4.10. The highest BCUT2D eigenvalue weighted by molar-refractivity contribution is 6.10. The van der Waals surface area contributed by atoms with Crippen LogP contribution in [-0.2, 0) is 6.42 Å². The summed E-state index contributed by atoms with van der Waals surface area (Å²) in [6.07, 6.45) is 1.01. The molecule has 1 N–H and O–H groups in total. The van der Waals surface area contributed by atoms with E-state index in [9.17, 15) is 4.79 Å². The third kappa shape index (κ3) is 2.52. The maximum absolute atomic E-state index is 13.3. The number of aryl methyl sites for hydroxylation is 2. The molecule has 2 aromatic rings. The van der Waals surface area contributed by atoms with E-state index in [1.165, 1.54) is 11.1 Å². The summed E-state index contributed by atoms with van der Waals surface area (Å²) in [5, 5.41) is 3.49. The number of rotatable bonds is 2. The number of nitrogens with zero attached hydrogens (tertiary/aromatic N) is 1. The van der Waals surface area contributed by atoms with Gasteiger partial charge in [-0.05, 0) is 42.2 Å². The van der Waals surface area contributed by atoms with E-state index in [1.807, 2.05) is 35.2 Å². The Hall–Kier alpha value is -1.84. The molecule has 2 aliphatic rings. The Kier molecular flexibility index (Phi) is 4.66. The summed E-state index contributed by atoms with van der Waals surface area (Å²) in [5.41, 5.74) is 5.59. The highest BCUT2D eigenvalue weighted by Gasteiger charge is 2.43. The first-order chi connectivity index (χ1) is 11.2. The molecule has 1 saturated heterocycles. The first kappa shape index (κ1) is 17.0. The lowest BCUT2D eigenvalue weighted by molar-refractivity contribution is 0.0965. The van der Waals surface area contributed by atoms with E-state index in [-0.39, 0.29) is 24.4 Å². The molecular weight excluding hydrogens is 320 g/mol. The van der Waals surface area contributed by atoms with E-state index in [1.54, 1.807) is 0 Å². The van der Waals surface area contributed by atoms with Crippen LogP contribution >= 0.6 is 12.4 Å². The van der Waals surface area contributed by atoms with Crippen molar-refractivity contribution in [1.29, 1.82) is 0 Å². The normalized spacial score (nSPS) is 21.9. The van der Waals surface area contributed by atoms with E-state index in [0.717, 1.165) is 36.3 Å². The van der Waals surface area contributed by atoms with Gasteiger partial charge in [0.15, 0.2) is 0 Å². The molecule has 4 rings (SSSR count). The molecular formula is C20H23ClN2O. The number of benzene rings is 2. The molecule has 2 heterocycles. The van der Waals surface area contributed by atoms with Gasteiger partial charge in [-0.1, -0.05) is 37.3 Å². The summed E-state index contributed by atoms with van der Waals surface area (Å²) in [6, 6.07) is 14.7. The molecule has 24 heavy (non-hydrogen) atoms. The molecule has 0 radical (unpaired) electrons. The molecule has 1 fully saturated rings. The number of halogens is 1. The van der Waals surface area contributed by atoms with Gasteiger partial charge in [-0.2, -0.15) is 0 Å². The lowest BCUT2D eigenvalue weighted by Gasteiger charge is -2.39. The van der Waals surface area contributed by atoms with Gasteiger partial charge in [-0.3, -0.25) is 4.79 Å². The van der Waals surface area contributed by atoms with Crippen molar-refractivity contribution in [3.05, 3.63) is 64.7 Å². The van der Waals surface area contributed by atoms with Gasteiger partial charge in [0, 0.05) is 30.3 Å². The largest absolute Gasteiger partial charge is 0.314 e. The maximum atomic E-state index is 13.3. The van der Waals surface area contributed by atoms with Gasteiger partial charge in [0.25, 0.3) is 5.91 Å². The summed E-state index contributed by atoms with van der Waals surface area (Å²) >= 11 is 0. The van der Waals surface area contributed by atoms with Gasteiger partial charge >= 0.3 is 0 Å². The fraction of sp³-hybridized carbons (Fsp3) is 0.350. The van der Waals surface area contributed by atoms with Gasteiger partial charge in [0.05, 0.1) is 6.04 Å². The van der Waals surface area contributed by atoms with Gasteiger partial charge in [0.2, 0.25) is 0 Å². The molecule has 0 aliphatic carbocycles. The molecule has 4 heteroatoms. The molecule has 0 saturated carbocycles. The molecule has 1 amide bonds. The third-order valence-electron chi connectivity index (χ3n) is 5.21. The first-order valence-electron chi connectivity index (χ1n) is 8.43. The standard InChI is InChI=1S/C20H22N2O.ClH/c1-3-14-9-13(2)19-16(10-14)17-11-21-12-18(17)22(20(19)23)15-7-5-4-6-8-15;/h4-10,17-18,21H,3,11-12H2,1-2H3;1H/t17-,18+;/m1./s1. The Morgan fingerprint density at radius 2 is 1.92 bits per heavy atom. The molecule has 0 bridgehead atoms. The Morgan fingerprint density at radius 3 is 2.62 bits per heavy atom. The van der Waals surface area contributed by atoms with E-state index >= 15 is 0 Å². The van der Waals surface area contributed by atoms with Crippen LogP contribution in [0.15, 0.2) is 42.5 Å². The van der Waals surface area contributed by atoms with Crippen molar-refractivity contribution in [3.8, 4) is 0 Å². The number of para-hydroxylation sites is 1. The first-order valence-corrected chi connectivity index (χ1v) is 8.43. The number of hydrogen-bond acceptors (Lipinski definition) is 2. The van der Waals surface area contributed by atoms with E-state index in [0.29, 0.717) is 5.92 Å². The van der Waals surface area contributed by atoms with Crippen LogP contribution in [0.4, 0.5) is 5.69 Å². The van der Waals surface area contributed by atoms with Gasteiger partial charge in [-0.25, -0.2) is 0 Å². The lowest BCUT2D eigenvalue weighted by atomic mass is 9.81. The summed E-state index contributed by atoms with van der Waals surface area (Å²) in [5.74, 6) is 0.532. The number of amides is 1. The zero-order valence-corrected chi connectivity index (χ0v) is 14.9. The topological polar surface area (TPSA) is 32.3 Å². The van der Waals surface area contributed by atoms with Gasteiger partial charge in [-0.15, -0.1) is 12.4 Å². The minimum absolute atomic E-state index is 0. The fourth-order valence-electron chi connectivity index (χ4n) is 4.10. The van der Waals surface area contributed by atoms with E-state index in [4.69, 9.17) is 0 Å². The van der Waals surface area contributed by atoms with Crippen LogP contribution < -0.4 is 10.2 Å². The number of anilines is 1. The summed E-state index contributed by atoms with van der Waals surface area (Å²) < 4.78 is 0. The second-order valence-corrected chi connectivity index (χ2v) is 6.57. The number of fused-ring (bicyclic) bond motifs is 3. The van der Waals surface area contributed by atoms with Crippen molar-refractivity contribution >= 4 is 24.0 Å². The molecule has 0 unspecified atom stereocenters. The van der Waals surface area contributed by atoms with Crippen molar-refractivity contribution in [2.75, 3.05) is 18.0 Å². The number of hydrogen-bond donors (Lipinski definition) is 1. The molecule has 2 atom stereocenters. The van der Waals surface area contributed by atoms with E-state index < -0.39 is 0 Å². The van der Waals surface area contributed by atoms with Crippen LogP contribution in [0.1, 0.15) is 39.9 Å². The molecule has 0 aromatic heterocycles. The average molecular weight is 343 g/mol. The second kappa shape index (κ2) is 6.58. The van der Waals surface area contributed by atoms with Crippen LogP contribution in [0.2, 0.25) is 0 Å². The maximum Gasteiger partial charge on any atom is 0.259 e. The van der Waals surface area contributed by atoms with Crippen LogP contribution in [0.5, 0.6) is 0 Å². The quantitative estimate of drug-likeness (QED) is 0.902. The summed E-state index contributed by atoms with van der Waals surface area (Å²) in [6.45, 7) is 6.05. The van der Waals surface area contributed by atoms with Crippen molar-refractivity contribution in [2.45, 2.75) is 32.2 Å². The van der Waals surface area contributed by atoms with Crippen molar-refractivity contribution in [1.82, 2.24) is 5.32 Å². The number of nitrogens with one attached hydrogen (secondary N) is 1. The summed E-state index contributed by atoms with van der Waals surface area (Å²) in [4.78, 5) is 15.3. The molecule has 2 aromatic carbocycles. The minimum atomic E-state index is 0. The lowest BCUT2D eigenvalue weighted by Crippen LogP contribution is -2.48. The Morgan fingerprint density at radius 1 is 1.17 bits per heavy atom. The third-order valence-corrected chi connectivity index (χ3v) is 5.21. The van der Waals surface area contributed by atoms with Crippen LogP contribution in [0.25, 0.3) is 0 Å². The Bertz CT molecular complexity index is 760. The number of carbonyl (C=O) groups is 1. The highest BCUT2D eigenvalue weighted by atomic mass is 35.5. The zero-order chi connectivity index (χ0) is 16.0. The van der Waals surface area contributed by atoms with Gasteiger partial charge in [0.1, 0.15) is 0 Å². The average Bonchev–Trinajstić information content (AvgIpc) is 3.04. The van der Waals surface area contributed by atoms with Crippen LogP contribution in [-0.4, -0.2) is 25.0 Å². The highest BCUT2D eigenvalue weighted by Crippen LogP contribution is 2.39. The van der Waals surface area contributed by atoms with Crippen molar-refractivity contribution < 1.29 is 4.79 Å². The predicted octanol–water partition coefficient (Wildman–Crippen LogP) is 3.70. The van der Waals surface area contributed by atoms with Crippen molar-refractivity contribution in [3.63, 3.8) is 0 Å². The smallest absolute Gasteiger partial charge is 0.259 e. The molecule has 3 nitrogen and oxygen atoms in total. The monoisotopic (exact) mass is 342 g/mol. The van der Waals surface area contributed by atoms with Crippen molar-refractivity contribution in [2.24, 2.45) is 0 Å². The van der Waals surface area contributed by atoms with Crippen LogP contribution in [0, 0.1) is 6.92 Å². The van der Waals surface area contributed by atoms with Gasteiger partial charge < -0.3 is 10.2 Å².